The summed E-state index contributed by atoms with van der Waals surface area (Å²) in [7, 11) is 0. The van der Waals surface area contributed by atoms with Crippen molar-refractivity contribution in [2.24, 2.45) is 0 Å². The van der Waals surface area contributed by atoms with Crippen molar-refractivity contribution >= 4 is 17.8 Å². The van der Waals surface area contributed by atoms with Gasteiger partial charge in [-0.25, -0.2) is 4.79 Å². The summed E-state index contributed by atoms with van der Waals surface area (Å²) >= 11 is 0. The molecule has 1 heterocycles. The SMILES string of the molecule is CCc1ccc(C(C)C(=O)Nc2cc(C3CC3)n(C(=O)OC(C)(C)C)n2)cc1. The van der Waals surface area contributed by atoms with Gasteiger partial charge in [-0.1, -0.05) is 31.2 Å². The zero-order chi connectivity index (χ0) is 20.5. The predicted molar refractivity (Wildman–Crippen MR) is 109 cm³/mol. The molecule has 2 aromatic rings. The highest BCUT2D eigenvalue weighted by molar-refractivity contribution is 5.95. The Balaban J connectivity index is 1.75. The van der Waals surface area contributed by atoms with E-state index < -0.39 is 11.7 Å². The molecule has 1 fully saturated rings. The van der Waals surface area contributed by atoms with Crippen LogP contribution in [0.2, 0.25) is 0 Å². The molecule has 1 aromatic heterocycles. The van der Waals surface area contributed by atoms with Crippen molar-refractivity contribution in [2.75, 3.05) is 5.32 Å². The van der Waals surface area contributed by atoms with Gasteiger partial charge in [0.05, 0.1) is 11.6 Å². The molecule has 1 aliphatic rings. The number of amides is 1. The van der Waals surface area contributed by atoms with E-state index in [1.807, 2.05) is 52.0 Å². The molecular formula is C22H29N3O3. The maximum Gasteiger partial charge on any atom is 0.435 e. The monoisotopic (exact) mass is 383 g/mol. The Morgan fingerprint density at radius 1 is 1.25 bits per heavy atom. The van der Waals surface area contributed by atoms with Crippen molar-refractivity contribution in [1.82, 2.24) is 9.78 Å². The average Bonchev–Trinajstić information content (AvgIpc) is 3.40. The second-order valence-corrected chi connectivity index (χ2v) is 8.43. The second kappa shape index (κ2) is 7.78. The zero-order valence-electron chi connectivity index (χ0n) is 17.3. The molecule has 0 aliphatic heterocycles. The van der Waals surface area contributed by atoms with E-state index >= 15 is 0 Å². The van der Waals surface area contributed by atoms with E-state index in [2.05, 4.69) is 17.3 Å². The fourth-order valence-electron chi connectivity index (χ4n) is 3.01. The van der Waals surface area contributed by atoms with E-state index in [1.165, 1.54) is 10.2 Å². The summed E-state index contributed by atoms with van der Waals surface area (Å²) in [4.78, 5) is 25.2. The van der Waals surface area contributed by atoms with Gasteiger partial charge in [0.1, 0.15) is 5.60 Å². The fraction of sp³-hybridized carbons (Fsp3) is 0.500. The number of ether oxygens (including phenoxy) is 1. The summed E-state index contributed by atoms with van der Waals surface area (Å²) in [6, 6.07) is 9.84. The fourth-order valence-corrected chi connectivity index (χ4v) is 3.01. The summed E-state index contributed by atoms with van der Waals surface area (Å²) < 4.78 is 6.74. The topological polar surface area (TPSA) is 73.2 Å². The number of carbonyl (C=O) groups is 2. The number of carbonyl (C=O) groups excluding carboxylic acids is 2. The van der Waals surface area contributed by atoms with Crippen molar-refractivity contribution in [3.63, 3.8) is 0 Å². The van der Waals surface area contributed by atoms with Gasteiger partial charge < -0.3 is 10.1 Å². The third-order valence-electron chi connectivity index (χ3n) is 4.83. The molecular weight excluding hydrogens is 354 g/mol. The summed E-state index contributed by atoms with van der Waals surface area (Å²) in [5.74, 6) is 0.210. The first-order valence-corrected chi connectivity index (χ1v) is 9.91. The number of nitrogens with zero attached hydrogens (tertiary/aromatic N) is 2. The summed E-state index contributed by atoms with van der Waals surface area (Å²) in [6.45, 7) is 9.42. The Hall–Kier alpha value is -2.63. The molecule has 1 aliphatic carbocycles. The molecule has 1 unspecified atom stereocenters. The van der Waals surface area contributed by atoms with E-state index in [4.69, 9.17) is 4.74 Å². The highest BCUT2D eigenvalue weighted by Crippen LogP contribution is 2.41. The van der Waals surface area contributed by atoms with E-state index in [1.54, 1.807) is 6.07 Å². The van der Waals surface area contributed by atoms with Crippen molar-refractivity contribution in [1.29, 1.82) is 0 Å². The Bertz CT molecular complexity index is 858. The van der Waals surface area contributed by atoms with Crippen LogP contribution in [-0.4, -0.2) is 27.4 Å². The quantitative estimate of drug-likeness (QED) is 0.801. The van der Waals surface area contributed by atoms with Gasteiger partial charge in [0, 0.05) is 12.0 Å². The van der Waals surface area contributed by atoms with Crippen LogP contribution in [0.1, 0.15) is 76.1 Å². The minimum Gasteiger partial charge on any atom is -0.442 e. The van der Waals surface area contributed by atoms with Crippen LogP contribution in [0.3, 0.4) is 0 Å². The second-order valence-electron chi connectivity index (χ2n) is 8.43. The highest BCUT2D eigenvalue weighted by atomic mass is 16.6. The lowest BCUT2D eigenvalue weighted by Gasteiger charge is -2.19. The Morgan fingerprint density at radius 3 is 2.43 bits per heavy atom. The molecule has 6 heteroatoms. The Kier molecular flexibility index (Phi) is 5.59. The lowest BCUT2D eigenvalue weighted by atomic mass is 9.98. The van der Waals surface area contributed by atoms with Crippen LogP contribution >= 0.6 is 0 Å². The molecule has 0 spiro atoms. The van der Waals surface area contributed by atoms with Gasteiger partial charge in [0.2, 0.25) is 5.91 Å². The minimum atomic E-state index is -0.605. The minimum absolute atomic E-state index is 0.152. The number of aromatic nitrogens is 2. The van der Waals surface area contributed by atoms with Crippen molar-refractivity contribution < 1.29 is 14.3 Å². The first-order valence-electron chi connectivity index (χ1n) is 9.91. The maximum absolute atomic E-state index is 12.7. The van der Waals surface area contributed by atoms with Crippen LogP contribution in [0, 0.1) is 0 Å². The molecule has 150 valence electrons. The molecule has 1 N–H and O–H groups in total. The van der Waals surface area contributed by atoms with Crippen LogP contribution in [0.25, 0.3) is 0 Å². The maximum atomic E-state index is 12.7. The number of hydrogen-bond acceptors (Lipinski definition) is 4. The molecule has 1 atom stereocenters. The first-order chi connectivity index (χ1) is 13.2. The lowest BCUT2D eigenvalue weighted by molar-refractivity contribution is -0.117. The summed E-state index contributed by atoms with van der Waals surface area (Å²) in [6.07, 6.45) is 2.48. The average molecular weight is 383 g/mol. The van der Waals surface area contributed by atoms with Crippen molar-refractivity contribution in [3.8, 4) is 0 Å². The van der Waals surface area contributed by atoms with Crippen LogP contribution < -0.4 is 5.32 Å². The van der Waals surface area contributed by atoms with Gasteiger partial charge in [-0.05, 0) is 58.1 Å². The number of aryl methyl sites for hydroxylation is 1. The van der Waals surface area contributed by atoms with Crippen LogP contribution in [0.5, 0.6) is 0 Å². The molecule has 0 bridgehead atoms. The van der Waals surface area contributed by atoms with Crippen LogP contribution in [0.4, 0.5) is 10.6 Å². The summed E-state index contributed by atoms with van der Waals surface area (Å²) in [5.41, 5.74) is 2.38. The van der Waals surface area contributed by atoms with Gasteiger partial charge in [-0.3, -0.25) is 4.79 Å². The van der Waals surface area contributed by atoms with Crippen LogP contribution in [-0.2, 0) is 16.0 Å². The van der Waals surface area contributed by atoms with Gasteiger partial charge in [-0.15, -0.1) is 5.10 Å². The molecule has 1 saturated carbocycles. The van der Waals surface area contributed by atoms with Gasteiger partial charge in [-0.2, -0.15) is 4.68 Å². The molecule has 0 saturated heterocycles. The third kappa shape index (κ3) is 4.80. The molecule has 28 heavy (non-hydrogen) atoms. The molecule has 6 nitrogen and oxygen atoms in total. The highest BCUT2D eigenvalue weighted by Gasteiger charge is 2.32. The standard InChI is InChI=1S/C22H29N3O3/c1-6-15-7-9-16(10-8-15)14(2)20(26)23-19-13-18(17-11-12-17)25(24-19)21(27)28-22(3,4)5/h7-10,13-14,17H,6,11-12H2,1-5H3,(H,23,24,26). The number of benzene rings is 1. The normalized spacial score (nSPS) is 15.2. The third-order valence-corrected chi connectivity index (χ3v) is 4.83. The number of anilines is 1. The van der Waals surface area contributed by atoms with E-state index in [0.29, 0.717) is 11.7 Å². The number of nitrogens with one attached hydrogen (secondary N) is 1. The smallest absolute Gasteiger partial charge is 0.435 e. The lowest BCUT2D eigenvalue weighted by Crippen LogP contribution is -2.28. The van der Waals surface area contributed by atoms with E-state index in [0.717, 1.165) is 30.5 Å². The van der Waals surface area contributed by atoms with Crippen LogP contribution in [0.15, 0.2) is 30.3 Å². The van der Waals surface area contributed by atoms with E-state index in [-0.39, 0.29) is 11.8 Å². The van der Waals surface area contributed by atoms with E-state index in [9.17, 15) is 9.59 Å². The number of rotatable bonds is 5. The first kappa shape index (κ1) is 20.1. The van der Waals surface area contributed by atoms with Crippen molar-refractivity contribution in [3.05, 3.63) is 47.2 Å². The Labute approximate surface area is 166 Å². The molecule has 1 aromatic carbocycles. The van der Waals surface area contributed by atoms with Gasteiger partial charge in [0.25, 0.3) is 0 Å². The van der Waals surface area contributed by atoms with Gasteiger partial charge >= 0.3 is 6.09 Å². The number of hydrogen-bond donors (Lipinski definition) is 1. The van der Waals surface area contributed by atoms with Crippen molar-refractivity contribution in [2.45, 2.75) is 71.3 Å². The molecule has 1 amide bonds. The van der Waals surface area contributed by atoms with Gasteiger partial charge in [0.15, 0.2) is 5.82 Å². The summed E-state index contributed by atoms with van der Waals surface area (Å²) in [5, 5.41) is 7.16. The largest absolute Gasteiger partial charge is 0.442 e. The predicted octanol–water partition coefficient (Wildman–Crippen LogP) is 4.85. The molecule has 3 rings (SSSR count). The Morgan fingerprint density at radius 2 is 1.89 bits per heavy atom. The zero-order valence-corrected chi connectivity index (χ0v) is 17.3. The molecule has 0 radical (unpaired) electrons.